The second-order valence-electron chi connectivity index (χ2n) is 12.9. The van der Waals surface area contributed by atoms with Gasteiger partial charge in [-0.05, 0) is 121 Å². The lowest BCUT2D eigenvalue weighted by atomic mass is 9.42. The molecule has 4 saturated carbocycles. The molecule has 2 unspecified atom stereocenters. The van der Waals surface area contributed by atoms with Gasteiger partial charge >= 0.3 is 5.97 Å². The molecule has 0 radical (unpaired) electrons. The molecular formula is C30H46O4. The molecule has 1 spiro atoms. The second-order valence-corrected chi connectivity index (χ2v) is 12.9. The molecule has 4 aliphatic rings. The van der Waals surface area contributed by atoms with E-state index < -0.39 is 5.97 Å². The van der Waals surface area contributed by atoms with Crippen LogP contribution < -0.4 is 0 Å². The first-order chi connectivity index (χ1) is 16.0. The van der Waals surface area contributed by atoms with Crippen LogP contribution in [0.5, 0.6) is 0 Å². The topological polar surface area (TPSA) is 74.6 Å². The number of rotatable bonds is 10. The Morgan fingerprint density at radius 1 is 1.18 bits per heavy atom. The van der Waals surface area contributed by atoms with E-state index in [0.717, 1.165) is 43.1 Å². The van der Waals surface area contributed by atoms with Gasteiger partial charge in [-0.3, -0.25) is 9.59 Å². The van der Waals surface area contributed by atoms with Gasteiger partial charge in [-0.15, -0.1) is 0 Å². The molecule has 8 atom stereocenters. The highest BCUT2D eigenvalue weighted by Gasteiger charge is 2.83. The van der Waals surface area contributed by atoms with Gasteiger partial charge in [0, 0.05) is 6.42 Å². The van der Waals surface area contributed by atoms with Crippen molar-refractivity contribution in [3.8, 4) is 0 Å². The fourth-order valence-corrected chi connectivity index (χ4v) is 10.5. The summed E-state index contributed by atoms with van der Waals surface area (Å²) < 4.78 is 0. The Hall–Kier alpha value is -1.42. The number of aldehydes is 1. The number of carbonyl (C=O) groups excluding carboxylic acids is 1. The van der Waals surface area contributed by atoms with Gasteiger partial charge in [0.2, 0.25) is 0 Å². The maximum atomic E-state index is 11.9. The molecule has 0 aliphatic heterocycles. The molecule has 4 fully saturated rings. The lowest BCUT2D eigenvalue weighted by Crippen LogP contribution is -2.55. The number of fused-ring (bicyclic) bond motifs is 2. The third-order valence-corrected chi connectivity index (χ3v) is 11.8. The molecule has 4 heteroatoms. The van der Waals surface area contributed by atoms with Crippen LogP contribution in [0.4, 0.5) is 0 Å². The zero-order chi connectivity index (χ0) is 24.9. The Bertz CT molecular complexity index is 875. The van der Waals surface area contributed by atoms with Crippen molar-refractivity contribution in [2.45, 2.75) is 98.3 Å². The van der Waals surface area contributed by atoms with Crippen LogP contribution in [0.25, 0.3) is 0 Å². The van der Waals surface area contributed by atoms with E-state index in [4.69, 9.17) is 0 Å². The van der Waals surface area contributed by atoms with Crippen LogP contribution in [0, 0.1) is 45.3 Å². The van der Waals surface area contributed by atoms with Crippen molar-refractivity contribution < 1.29 is 19.8 Å². The zero-order valence-corrected chi connectivity index (χ0v) is 21.9. The monoisotopic (exact) mass is 470 g/mol. The number of aliphatic hydroxyl groups excluding tert-OH is 1. The Balaban J connectivity index is 1.73. The number of carboxylic acids is 1. The molecule has 190 valence electrons. The molecule has 0 heterocycles. The van der Waals surface area contributed by atoms with E-state index >= 15 is 0 Å². The number of carboxylic acid groups (broad SMARTS) is 1. The molecule has 34 heavy (non-hydrogen) atoms. The van der Waals surface area contributed by atoms with Gasteiger partial charge in [-0.25, -0.2) is 0 Å². The largest absolute Gasteiger partial charge is 0.481 e. The number of allylic oxidation sites excluding steroid dienone is 2. The van der Waals surface area contributed by atoms with Crippen LogP contribution in [0.1, 0.15) is 98.3 Å². The van der Waals surface area contributed by atoms with Crippen molar-refractivity contribution in [2.24, 2.45) is 45.3 Å². The lowest BCUT2D eigenvalue weighted by Gasteiger charge is -2.62. The Morgan fingerprint density at radius 3 is 2.56 bits per heavy atom. The van der Waals surface area contributed by atoms with Gasteiger partial charge in [0.15, 0.2) is 0 Å². The van der Waals surface area contributed by atoms with Crippen molar-refractivity contribution in [3.05, 3.63) is 23.8 Å². The first-order valence-electron chi connectivity index (χ1n) is 13.7. The molecule has 0 aromatic heterocycles. The summed E-state index contributed by atoms with van der Waals surface area (Å²) >= 11 is 0. The van der Waals surface area contributed by atoms with Gasteiger partial charge in [-0.1, -0.05) is 39.8 Å². The van der Waals surface area contributed by atoms with Gasteiger partial charge in [-0.2, -0.15) is 0 Å². The number of aliphatic hydroxyl groups is 1. The second kappa shape index (κ2) is 8.91. The van der Waals surface area contributed by atoms with Crippen molar-refractivity contribution >= 4 is 12.3 Å². The Morgan fingerprint density at radius 2 is 1.91 bits per heavy atom. The SMILES string of the molecule is C=C(CO)[C@@H]1CC[C@@]2(C)CCC34C(CCC[C@]3(C)[C@H]4[C@H](C)CC/C=C(\C)C=O)[C@]12CCC(=O)O. The van der Waals surface area contributed by atoms with E-state index in [1.54, 1.807) is 0 Å². The van der Waals surface area contributed by atoms with Gasteiger partial charge < -0.3 is 10.2 Å². The van der Waals surface area contributed by atoms with Crippen LogP contribution in [0.2, 0.25) is 0 Å². The van der Waals surface area contributed by atoms with Gasteiger partial charge in [0.1, 0.15) is 6.29 Å². The van der Waals surface area contributed by atoms with E-state index in [1.165, 1.54) is 32.1 Å². The minimum absolute atomic E-state index is 0.00874. The molecule has 0 aromatic carbocycles. The predicted molar refractivity (Wildman–Crippen MR) is 135 cm³/mol. The number of hydrogen-bond acceptors (Lipinski definition) is 3. The summed E-state index contributed by atoms with van der Waals surface area (Å²) in [7, 11) is 0. The molecule has 0 saturated heterocycles. The summed E-state index contributed by atoms with van der Waals surface area (Å²) in [6, 6.07) is 0. The fourth-order valence-electron chi connectivity index (χ4n) is 10.5. The van der Waals surface area contributed by atoms with Crippen molar-refractivity contribution in [3.63, 3.8) is 0 Å². The molecule has 4 rings (SSSR count). The summed E-state index contributed by atoms with van der Waals surface area (Å²) in [6.45, 7) is 13.6. The van der Waals surface area contributed by atoms with Crippen LogP contribution in [0.3, 0.4) is 0 Å². The van der Waals surface area contributed by atoms with E-state index in [2.05, 4.69) is 33.4 Å². The molecular weight excluding hydrogens is 424 g/mol. The van der Waals surface area contributed by atoms with Crippen LogP contribution in [-0.2, 0) is 9.59 Å². The average Bonchev–Trinajstić information content (AvgIpc) is 3.23. The average molecular weight is 471 g/mol. The highest BCUT2D eigenvalue weighted by molar-refractivity contribution is 5.71. The molecule has 4 nitrogen and oxygen atoms in total. The zero-order valence-electron chi connectivity index (χ0n) is 21.9. The first kappa shape index (κ1) is 25.7. The Labute approximate surface area is 206 Å². The first-order valence-corrected chi connectivity index (χ1v) is 13.7. The van der Waals surface area contributed by atoms with E-state index in [0.29, 0.717) is 29.6 Å². The van der Waals surface area contributed by atoms with E-state index in [-0.39, 0.29) is 35.2 Å². The third-order valence-electron chi connectivity index (χ3n) is 11.8. The van der Waals surface area contributed by atoms with E-state index in [1.807, 2.05) is 6.92 Å². The van der Waals surface area contributed by atoms with Crippen molar-refractivity contribution in [2.75, 3.05) is 6.61 Å². The maximum absolute atomic E-state index is 11.9. The number of carbonyl (C=O) groups is 2. The molecule has 0 amide bonds. The van der Waals surface area contributed by atoms with E-state index in [9.17, 15) is 19.8 Å². The molecule has 0 bridgehead atoms. The van der Waals surface area contributed by atoms with Gasteiger partial charge in [0.25, 0.3) is 0 Å². The minimum Gasteiger partial charge on any atom is -0.481 e. The standard InChI is InChI=1S/C30H46O4/c1-20(18-31)8-6-9-21(2)26-28(5)13-7-10-24-29(15-12-25(33)34)23(22(3)19-32)11-14-27(29,4)16-17-30(24,26)28/h8,18,21,23-24,26,32H,3,6-7,9-17,19H2,1-2,4-5H3,(H,33,34)/b20-8+/t21-,23+,24?,26-,27+,28-,29+,30?/m1/s1. The van der Waals surface area contributed by atoms with Crippen LogP contribution >= 0.6 is 0 Å². The summed E-state index contributed by atoms with van der Waals surface area (Å²) in [5.41, 5.74) is 2.40. The third kappa shape index (κ3) is 3.41. The molecule has 0 aromatic rings. The summed E-state index contributed by atoms with van der Waals surface area (Å²) in [5, 5.41) is 19.9. The minimum atomic E-state index is -0.701. The van der Waals surface area contributed by atoms with Crippen molar-refractivity contribution in [1.29, 1.82) is 0 Å². The van der Waals surface area contributed by atoms with Gasteiger partial charge in [0.05, 0.1) is 6.61 Å². The number of hydrogen-bond donors (Lipinski definition) is 2. The highest BCUT2D eigenvalue weighted by Crippen LogP contribution is 2.89. The predicted octanol–water partition coefficient (Wildman–Crippen LogP) is 6.58. The summed E-state index contributed by atoms with van der Waals surface area (Å²) in [4.78, 5) is 22.9. The Kier molecular flexibility index (Phi) is 6.72. The van der Waals surface area contributed by atoms with Crippen LogP contribution in [0.15, 0.2) is 23.8 Å². The number of aliphatic carboxylic acids is 1. The summed E-state index contributed by atoms with van der Waals surface area (Å²) in [5.74, 6) is 1.28. The quantitative estimate of drug-likeness (QED) is 0.215. The van der Waals surface area contributed by atoms with Crippen molar-refractivity contribution in [1.82, 2.24) is 0 Å². The molecule has 2 N–H and O–H groups in total. The highest BCUT2D eigenvalue weighted by atomic mass is 16.4. The normalized spacial score (nSPS) is 43.9. The van der Waals surface area contributed by atoms with Crippen LogP contribution in [-0.4, -0.2) is 29.1 Å². The fraction of sp³-hybridized carbons (Fsp3) is 0.800. The smallest absolute Gasteiger partial charge is 0.303 e. The summed E-state index contributed by atoms with van der Waals surface area (Å²) in [6.07, 6.45) is 14.3. The maximum Gasteiger partial charge on any atom is 0.303 e. The lowest BCUT2D eigenvalue weighted by molar-refractivity contribution is -0.146. The molecule has 4 aliphatic carbocycles.